The van der Waals surface area contributed by atoms with E-state index in [-0.39, 0.29) is 5.41 Å². The molecule has 0 aliphatic carbocycles. The van der Waals surface area contributed by atoms with Gasteiger partial charge in [0.05, 0.1) is 16.7 Å². The van der Waals surface area contributed by atoms with Gasteiger partial charge in [0, 0.05) is 66.6 Å². The summed E-state index contributed by atoms with van der Waals surface area (Å²) >= 11 is 1.84. The highest BCUT2D eigenvalue weighted by molar-refractivity contribution is 7.26. The van der Waals surface area contributed by atoms with Crippen LogP contribution in [0, 0.1) is 20.8 Å². The quantitative estimate of drug-likeness (QED) is 0.170. The van der Waals surface area contributed by atoms with Crippen LogP contribution in [0.1, 0.15) is 43.0 Å². The maximum absolute atomic E-state index is 6.74. The molecule has 4 heterocycles. The van der Waals surface area contributed by atoms with E-state index < -0.39 is 0 Å². The van der Waals surface area contributed by atoms with Gasteiger partial charge < -0.3 is 4.74 Å². The zero-order chi connectivity index (χ0) is 39.0. The zero-order valence-corrected chi connectivity index (χ0v) is 33.8. The molecule has 0 unspecified atom stereocenters. The number of aromatic nitrogens is 4. The van der Waals surface area contributed by atoms with E-state index >= 15 is 0 Å². The van der Waals surface area contributed by atoms with E-state index in [9.17, 15) is 0 Å². The predicted octanol–water partition coefficient (Wildman–Crippen LogP) is 14.1. The number of nitrogens with zero attached hydrogens (tertiary/aromatic N) is 4. The van der Waals surface area contributed by atoms with Gasteiger partial charge in [-0.3, -0.25) is 4.57 Å². The van der Waals surface area contributed by atoms with Crippen molar-refractivity contribution in [1.29, 1.82) is 0 Å². The minimum Gasteiger partial charge on any atom is -0.457 e. The molecule has 0 radical (unpaired) electrons. The highest BCUT2D eigenvalue weighted by atomic mass is 32.1. The number of fused-ring (bicyclic) bond motifs is 7. The van der Waals surface area contributed by atoms with E-state index in [4.69, 9.17) is 14.8 Å². The first kappa shape index (κ1) is 35.0. The smallest absolute Gasteiger partial charge is 0.137 e. The summed E-state index contributed by atoms with van der Waals surface area (Å²) in [6.07, 6.45) is 4.08. The van der Waals surface area contributed by atoms with Crippen LogP contribution in [0.2, 0.25) is 0 Å². The van der Waals surface area contributed by atoms with Crippen molar-refractivity contribution in [1.82, 2.24) is 19.3 Å². The molecule has 0 saturated heterocycles. The molecule has 0 atom stereocenters. The van der Waals surface area contributed by atoms with E-state index in [2.05, 4.69) is 174 Å². The third-order valence-corrected chi connectivity index (χ3v) is 12.2. The Kier molecular flexibility index (Phi) is 8.17. The second-order valence-corrected chi connectivity index (χ2v) is 17.3. The van der Waals surface area contributed by atoms with Crippen LogP contribution in [0.3, 0.4) is 0 Å². The van der Waals surface area contributed by atoms with Crippen LogP contribution >= 0.6 is 11.3 Å². The minimum absolute atomic E-state index is 0.0326. The molecule has 5 nitrogen and oxygen atoms in total. The van der Waals surface area contributed by atoms with Crippen molar-refractivity contribution in [2.45, 2.75) is 47.0 Å². The minimum atomic E-state index is -0.0326. The van der Waals surface area contributed by atoms with Gasteiger partial charge in [-0.05, 0) is 97.0 Å². The molecular weight excluding hydrogens is 717 g/mol. The molecule has 278 valence electrons. The second-order valence-electron chi connectivity index (χ2n) is 16.2. The Morgan fingerprint density at radius 3 is 2.21 bits per heavy atom. The summed E-state index contributed by atoms with van der Waals surface area (Å²) in [4.78, 5) is 5.01. The van der Waals surface area contributed by atoms with Gasteiger partial charge in [-0.2, -0.15) is 5.10 Å². The summed E-state index contributed by atoms with van der Waals surface area (Å²) in [6, 6.07) is 47.2. The number of benzene rings is 6. The molecule has 6 heteroatoms. The molecule has 10 aromatic rings. The first-order chi connectivity index (χ1) is 27.6. The van der Waals surface area contributed by atoms with E-state index in [0.29, 0.717) is 0 Å². The van der Waals surface area contributed by atoms with Crippen LogP contribution in [0.25, 0.3) is 75.9 Å². The summed E-state index contributed by atoms with van der Waals surface area (Å²) in [5.74, 6) is 2.38. The molecule has 6 aromatic carbocycles. The number of rotatable bonds is 6. The van der Waals surface area contributed by atoms with E-state index in [1.807, 2.05) is 34.3 Å². The molecule has 0 amide bonds. The molecule has 57 heavy (non-hydrogen) atoms. The lowest BCUT2D eigenvalue weighted by atomic mass is 9.88. The number of hydrogen-bond acceptors (Lipinski definition) is 4. The average Bonchev–Trinajstić information content (AvgIpc) is 3.90. The van der Waals surface area contributed by atoms with Gasteiger partial charge in [-0.1, -0.05) is 99.1 Å². The second kappa shape index (κ2) is 13.3. The first-order valence-corrected chi connectivity index (χ1v) is 20.3. The fraction of sp³-hybridized carbons (Fsp3) is 0.137. The molecule has 0 aliphatic heterocycles. The van der Waals surface area contributed by atoms with Crippen molar-refractivity contribution in [2.75, 3.05) is 0 Å². The largest absolute Gasteiger partial charge is 0.457 e. The summed E-state index contributed by atoms with van der Waals surface area (Å²) in [5.41, 5.74) is 12.4. The van der Waals surface area contributed by atoms with Gasteiger partial charge in [0.15, 0.2) is 0 Å². The van der Waals surface area contributed by atoms with Gasteiger partial charge in [0.2, 0.25) is 0 Å². The predicted molar refractivity (Wildman–Crippen MR) is 239 cm³/mol. The topological polar surface area (TPSA) is 44.9 Å². The van der Waals surface area contributed by atoms with Gasteiger partial charge in [-0.25, -0.2) is 9.67 Å². The Balaban J connectivity index is 1.11. The lowest BCUT2D eigenvalue weighted by Gasteiger charge is -2.20. The monoisotopic (exact) mass is 758 g/mol. The lowest BCUT2D eigenvalue weighted by molar-refractivity contribution is 0.483. The van der Waals surface area contributed by atoms with Crippen LogP contribution in [0.4, 0.5) is 0 Å². The standard InChI is InChI=1S/C51H42N4OS/c1-31-25-32(2)47(33(3)26-31)49-42(34-13-8-7-9-14-34)30-54(53-49)36-15-12-16-37(28-36)56-38-19-20-39-40-21-22-45-48(41-17-10-11-18-44(41)57-45)50(40)55(43(39)29-38)46-27-35(23-24-52-46)51(4,5)6/h7-30H,1-6H3. The summed E-state index contributed by atoms with van der Waals surface area (Å²) < 4.78 is 13.6. The van der Waals surface area contributed by atoms with Crippen LogP contribution < -0.4 is 4.74 Å². The Morgan fingerprint density at radius 2 is 1.40 bits per heavy atom. The van der Waals surface area contributed by atoms with Crippen LogP contribution in [0.5, 0.6) is 11.5 Å². The Labute approximate surface area is 336 Å². The number of aryl methyl sites for hydroxylation is 3. The SMILES string of the molecule is Cc1cc(C)c(-c2nn(-c3cccc(Oc4ccc5c6ccc7sc8ccccc8c7c6n(-c6cc(C(C)(C)C)ccn6)c5c4)c3)cc2-c2ccccc2)c(C)c1. The lowest BCUT2D eigenvalue weighted by Crippen LogP contribution is -2.12. The molecule has 0 bridgehead atoms. The molecule has 4 aromatic heterocycles. The maximum atomic E-state index is 6.74. The van der Waals surface area contributed by atoms with Crippen molar-refractivity contribution in [2.24, 2.45) is 0 Å². The molecule has 0 spiro atoms. The third kappa shape index (κ3) is 5.99. The average molecular weight is 759 g/mol. The number of ether oxygens (including phenoxy) is 1. The van der Waals surface area contributed by atoms with Crippen molar-refractivity contribution in [3.05, 3.63) is 168 Å². The number of pyridine rings is 1. The molecule has 0 fully saturated rings. The van der Waals surface area contributed by atoms with Crippen molar-refractivity contribution in [3.8, 4) is 45.4 Å². The van der Waals surface area contributed by atoms with Crippen LogP contribution in [-0.4, -0.2) is 19.3 Å². The molecule has 0 aliphatic rings. The van der Waals surface area contributed by atoms with E-state index in [1.54, 1.807) is 0 Å². The maximum Gasteiger partial charge on any atom is 0.137 e. The highest BCUT2D eigenvalue weighted by Crippen LogP contribution is 2.44. The summed E-state index contributed by atoms with van der Waals surface area (Å²) in [5, 5.41) is 10.1. The number of hydrogen-bond donors (Lipinski definition) is 0. The van der Waals surface area contributed by atoms with Gasteiger partial charge >= 0.3 is 0 Å². The Morgan fingerprint density at radius 1 is 0.649 bits per heavy atom. The van der Waals surface area contributed by atoms with Crippen LogP contribution in [-0.2, 0) is 5.41 Å². The van der Waals surface area contributed by atoms with Crippen LogP contribution in [0.15, 0.2) is 146 Å². The first-order valence-electron chi connectivity index (χ1n) is 19.5. The zero-order valence-electron chi connectivity index (χ0n) is 33.0. The molecular formula is C51H42N4OS. The van der Waals surface area contributed by atoms with E-state index in [1.165, 1.54) is 58.9 Å². The fourth-order valence-corrected chi connectivity index (χ4v) is 9.61. The van der Waals surface area contributed by atoms with Crippen molar-refractivity contribution >= 4 is 53.3 Å². The van der Waals surface area contributed by atoms with Crippen molar-refractivity contribution < 1.29 is 4.74 Å². The normalized spacial score (nSPS) is 12.0. The van der Waals surface area contributed by atoms with Gasteiger partial charge in [0.1, 0.15) is 23.0 Å². The fourth-order valence-electron chi connectivity index (χ4n) is 8.50. The molecule has 0 saturated carbocycles. The van der Waals surface area contributed by atoms with Crippen molar-refractivity contribution in [3.63, 3.8) is 0 Å². The van der Waals surface area contributed by atoms with Gasteiger partial charge in [-0.15, -0.1) is 11.3 Å². The Hall–Kier alpha value is -6.50. The van der Waals surface area contributed by atoms with Gasteiger partial charge in [0.25, 0.3) is 0 Å². The summed E-state index contributed by atoms with van der Waals surface area (Å²) in [7, 11) is 0. The third-order valence-electron chi connectivity index (χ3n) is 11.1. The Bertz CT molecular complexity index is 3150. The number of thiophene rings is 1. The molecule has 0 N–H and O–H groups in total. The molecule has 10 rings (SSSR count). The summed E-state index contributed by atoms with van der Waals surface area (Å²) in [6.45, 7) is 13.3. The highest BCUT2D eigenvalue weighted by Gasteiger charge is 2.22. The van der Waals surface area contributed by atoms with E-state index in [0.717, 1.165) is 50.7 Å².